The topological polar surface area (TPSA) is 57.1 Å². The fourth-order valence-electron chi connectivity index (χ4n) is 2.37. The number of hydrogen-bond donors (Lipinski definition) is 0. The van der Waals surface area contributed by atoms with Crippen molar-refractivity contribution in [2.45, 2.75) is 6.92 Å². The summed E-state index contributed by atoms with van der Waals surface area (Å²) in [7, 11) is 1.57. The summed E-state index contributed by atoms with van der Waals surface area (Å²) >= 11 is 3.43. The summed E-state index contributed by atoms with van der Waals surface area (Å²) in [4.78, 5) is 16.4. The van der Waals surface area contributed by atoms with Crippen molar-refractivity contribution in [3.8, 4) is 11.5 Å². The minimum absolute atomic E-state index is 0.233. The summed E-state index contributed by atoms with van der Waals surface area (Å²) in [5.41, 5.74) is 1.73. The Morgan fingerprint density at radius 1 is 1.20 bits per heavy atom. The lowest BCUT2D eigenvalue weighted by Crippen LogP contribution is -2.05. The highest BCUT2D eigenvalue weighted by atomic mass is 79.9. The van der Waals surface area contributed by atoms with Gasteiger partial charge in [-0.25, -0.2) is 9.79 Å². The van der Waals surface area contributed by atoms with Gasteiger partial charge >= 0.3 is 5.97 Å². The molecule has 2 aromatic carbocycles. The number of rotatable bonds is 5. The maximum absolute atomic E-state index is 12.1. The zero-order valence-electron chi connectivity index (χ0n) is 13.8. The maximum Gasteiger partial charge on any atom is 0.363 e. The van der Waals surface area contributed by atoms with Crippen molar-refractivity contribution < 1.29 is 19.0 Å². The molecule has 1 heterocycles. The number of esters is 1. The van der Waals surface area contributed by atoms with Crippen LogP contribution in [0.3, 0.4) is 0 Å². The lowest BCUT2D eigenvalue weighted by Gasteiger charge is -2.09. The van der Waals surface area contributed by atoms with E-state index in [0.29, 0.717) is 18.1 Å². The zero-order valence-corrected chi connectivity index (χ0v) is 15.4. The molecule has 6 heteroatoms. The van der Waals surface area contributed by atoms with E-state index in [2.05, 4.69) is 20.9 Å². The summed E-state index contributed by atoms with van der Waals surface area (Å²) in [6.45, 7) is 2.45. The van der Waals surface area contributed by atoms with Crippen LogP contribution in [0, 0.1) is 0 Å². The Morgan fingerprint density at radius 2 is 2.00 bits per heavy atom. The average Bonchev–Trinajstić information content (AvgIpc) is 2.97. The molecule has 0 radical (unpaired) electrons. The van der Waals surface area contributed by atoms with Crippen molar-refractivity contribution in [1.29, 1.82) is 0 Å². The highest BCUT2D eigenvalue weighted by Crippen LogP contribution is 2.30. The summed E-state index contributed by atoms with van der Waals surface area (Å²) < 4.78 is 16.9. The lowest BCUT2D eigenvalue weighted by molar-refractivity contribution is -0.129. The molecule has 5 nitrogen and oxygen atoms in total. The molecular weight excluding hydrogens is 386 g/mol. The number of methoxy groups -OCH3 is 1. The first-order valence-electron chi connectivity index (χ1n) is 7.70. The zero-order chi connectivity index (χ0) is 17.8. The summed E-state index contributed by atoms with van der Waals surface area (Å²) in [5, 5.41) is 0. The molecule has 0 aromatic heterocycles. The third kappa shape index (κ3) is 3.74. The van der Waals surface area contributed by atoms with E-state index in [9.17, 15) is 4.79 Å². The van der Waals surface area contributed by atoms with Gasteiger partial charge in [0.05, 0.1) is 19.3 Å². The number of carbonyl (C=O) groups excluding carboxylic acids is 1. The first kappa shape index (κ1) is 17.2. The van der Waals surface area contributed by atoms with Gasteiger partial charge < -0.3 is 14.2 Å². The van der Waals surface area contributed by atoms with E-state index in [1.165, 1.54) is 0 Å². The van der Waals surface area contributed by atoms with E-state index in [4.69, 9.17) is 14.2 Å². The second-order valence-electron chi connectivity index (χ2n) is 5.16. The number of carbonyl (C=O) groups is 1. The van der Waals surface area contributed by atoms with Gasteiger partial charge in [0.15, 0.2) is 17.2 Å². The molecule has 0 unspecified atom stereocenters. The highest BCUT2D eigenvalue weighted by Gasteiger charge is 2.25. The Balaban J connectivity index is 1.93. The van der Waals surface area contributed by atoms with Crippen LogP contribution in [0.15, 0.2) is 57.6 Å². The molecule has 0 spiro atoms. The normalized spacial score (nSPS) is 15.1. The number of cyclic esters (lactones) is 1. The fraction of sp³-hybridized carbons (Fsp3) is 0.158. The summed E-state index contributed by atoms with van der Waals surface area (Å²) in [6, 6.07) is 12.9. The largest absolute Gasteiger partial charge is 0.493 e. The Kier molecular flexibility index (Phi) is 5.19. The van der Waals surface area contributed by atoms with Crippen LogP contribution in [0.1, 0.15) is 18.1 Å². The summed E-state index contributed by atoms with van der Waals surface area (Å²) in [6.07, 6.45) is 1.66. The first-order chi connectivity index (χ1) is 12.1. The van der Waals surface area contributed by atoms with E-state index >= 15 is 0 Å². The van der Waals surface area contributed by atoms with E-state index in [-0.39, 0.29) is 11.6 Å². The molecule has 0 aliphatic carbocycles. The Labute approximate surface area is 154 Å². The van der Waals surface area contributed by atoms with Gasteiger partial charge in [0, 0.05) is 4.47 Å². The molecule has 3 rings (SSSR count). The number of nitrogens with zero attached hydrogens (tertiary/aromatic N) is 1. The second kappa shape index (κ2) is 7.53. The van der Waals surface area contributed by atoms with Crippen LogP contribution in [-0.4, -0.2) is 25.6 Å². The van der Waals surface area contributed by atoms with Crippen molar-refractivity contribution in [3.63, 3.8) is 0 Å². The number of benzene rings is 2. The molecule has 0 amide bonds. The molecule has 0 N–H and O–H groups in total. The van der Waals surface area contributed by atoms with Crippen molar-refractivity contribution >= 4 is 33.9 Å². The molecule has 0 saturated carbocycles. The van der Waals surface area contributed by atoms with Gasteiger partial charge in [-0.3, -0.25) is 0 Å². The van der Waals surface area contributed by atoms with Gasteiger partial charge in [-0.1, -0.05) is 18.2 Å². The Morgan fingerprint density at radius 3 is 2.72 bits per heavy atom. The standard InChI is InChI=1S/C19H16BrNO4/c1-3-24-16-9-8-12(11-17(16)23-2)10-15-19(22)25-18(21-15)13-6-4-5-7-14(13)20/h4-11H,3H2,1-2H3/b15-10-. The second-order valence-corrected chi connectivity index (χ2v) is 6.01. The van der Waals surface area contributed by atoms with Gasteiger partial charge in [-0.15, -0.1) is 0 Å². The number of halogens is 1. The first-order valence-corrected chi connectivity index (χ1v) is 8.50. The Hall–Kier alpha value is -2.60. The molecular formula is C19H16BrNO4. The molecule has 0 atom stereocenters. The minimum Gasteiger partial charge on any atom is -0.493 e. The molecule has 128 valence electrons. The lowest BCUT2D eigenvalue weighted by atomic mass is 10.1. The van der Waals surface area contributed by atoms with Crippen LogP contribution in [0.4, 0.5) is 0 Å². The van der Waals surface area contributed by atoms with Crippen molar-refractivity contribution in [3.05, 3.63) is 63.8 Å². The number of aliphatic imine (C=N–C) groups is 1. The molecule has 2 aromatic rings. The van der Waals surface area contributed by atoms with Crippen LogP contribution in [0.2, 0.25) is 0 Å². The van der Waals surface area contributed by atoms with E-state index in [1.54, 1.807) is 25.3 Å². The van der Waals surface area contributed by atoms with Crippen molar-refractivity contribution in [1.82, 2.24) is 0 Å². The number of hydrogen-bond acceptors (Lipinski definition) is 5. The Bertz CT molecular complexity index is 873. The quantitative estimate of drug-likeness (QED) is 0.556. The van der Waals surface area contributed by atoms with Gasteiger partial charge in [0.25, 0.3) is 0 Å². The minimum atomic E-state index is -0.487. The SMILES string of the molecule is CCOc1ccc(/C=C2\N=C(c3ccccc3Br)OC2=O)cc1OC. The fourth-order valence-corrected chi connectivity index (χ4v) is 2.82. The van der Waals surface area contributed by atoms with Crippen LogP contribution in [0.5, 0.6) is 11.5 Å². The summed E-state index contributed by atoms with van der Waals surface area (Å²) in [5.74, 6) is 1.04. The van der Waals surface area contributed by atoms with Gasteiger partial charge in [0.1, 0.15) is 0 Å². The van der Waals surface area contributed by atoms with Crippen LogP contribution in [-0.2, 0) is 9.53 Å². The maximum atomic E-state index is 12.1. The van der Waals surface area contributed by atoms with Crippen LogP contribution >= 0.6 is 15.9 Å². The van der Waals surface area contributed by atoms with Crippen molar-refractivity contribution in [2.75, 3.05) is 13.7 Å². The van der Waals surface area contributed by atoms with Gasteiger partial charge in [-0.05, 0) is 58.8 Å². The van der Waals surface area contributed by atoms with E-state index in [1.807, 2.05) is 37.3 Å². The van der Waals surface area contributed by atoms with E-state index < -0.39 is 5.97 Å². The predicted octanol–water partition coefficient (Wildman–Crippen LogP) is 4.20. The van der Waals surface area contributed by atoms with Crippen LogP contribution in [0.25, 0.3) is 6.08 Å². The molecule has 0 bridgehead atoms. The van der Waals surface area contributed by atoms with E-state index in [0.717, 1.165) is 15.6 Å². The average molecular weight is 402 g/mol. The number of ether oxygens (including phenoxy) is 3. The molecule has 25 heavy (non-hydrogen) atoms. The molecule has 0 saturated heterocycles. The van der Waals surface area contributed by atoms with Gasteiger partial charge in [-0.2, -0.15) is 0 Å². The van der Waals surface area contributed by atoms with Crippen molar-refractivity contribution in [2.24, 2.45) is 4.99 Å². The van der Waals surface area contributed by atoms with Crippen LogP contribution < -0.4 is 9.47 Å². The third-order valence-electron chi connectivity index (χ3n) is 3.52. The monoisotopic (exact) mass is 401 g/mol. The predicted molar refractivity (Wildman–Crippen MR) is 98.9 cm³/mol. The van der Waals surface area contributed by atoms with Gasteiger partial charge in [0.2, 0.25) is 5.90 Å². The third-order valence-corrected chi connectivity index (χ3v) is 4.21. The highest BCUT2D eigenvalue weighted by molar-refractivity contribution is 9.10. The molecule has 0 fully saturated rings. The smallest absolute Gasteiger partial charge is 0.363 e. The molecule has 1 aliphatic rings. The molecule has 1 aliphatic heterocycles.